The van der Waals surface area contributed by atoms with Crippen molar-refractivity contribution in [1.82, 2.24) is 20.2 Å². The zero-order valence-electron chi connectivity index (χ0n) is 12.8. The lowest BCUT2D eigenvalue weighted by Gasteiger charge is -2.07. The van der Waals surface area contributed by atoms with E-state index in [0.717, 1.165) is 5.69 Å². The van der Waals surface area contributed by atoms with Crippen LogP contribution >= 0.6 is 0 Å². The number of nitrogens with zero attached hydrogens (tertiary/aromatic N) is 3. The Kier molecular flexibility index (Phi) is 4.15. The minimum Gasteiger partial charge on any atom is -0.324 e. The number of H-pyrrole nitrogens is 1. The van der Waals surface area contributed by atoms with E-state index in [0.29, 0.717) is 23.3 Å². The van der Waals surface area contributed by atoms with Crippen molar-refractivity contribution in [2.75, 3.05) is 10.6 Å². The van der Waals surface area contributed by atoms with Crippen LogP contribution in [-0.2, 0) is 10.0 Å². The number of sulfonamides is 1. The Morgan fingerprint density at radius 2 is 1.83 bits per heavy atom. The van der Waals surface area contributed by atoms with E-state index in [-0.39, 0.29) is 4.90 Å². The molecule has 0 aliphatic carbocycles. The number of anilines is 4. The van der Waals surface area contributed by atoms with Gasteiger partial charge in [0, 0.05) is 23.6 Å². The van der Waals surface area contributed by atoms with Gasteiger partial charge in [0.15, 0.2) is 5.82 Å². The van der Waals surface area contributed by atoms with Crippen LogP contribution in [0.2, 0.25) is 0 Å². The molecular formula is C14H16N7O2S+. The summed E-state index contributed by atoms with van der Waals surface area (Å²) in [6.45, 7) is 1.90. The number of hydrogen-bond donors (Lipinski definition) is 4. The van der Waals surface area contributed by atoms with Crippen LogP contribution in [0.1, 0.15) is 5.69 Å². The molecule has 0 radical (unpaired) electrons. The summed E-state index contributed by atoms with van der Waals surface area (Å²) in [5.41, 5.74) is 1.60. The lowest BCUT2D eigenvalue weighted by molar-refractivity contribution is -0.164. The van der Waals surface area contributed by atoms with Gasteiger partial charge in [-0.05, 0) is 37.3 Å². The fourth-order valence-corrected chi connectivity index (χ4v) is 2.53. The van der Waals surface area contributed by atoms with Crippen LogP contribution in [0.3, 0.4) is 0 Å². The van der Waals surface area contributed by atoms with Gasteiger partial charge < -0.3 is 10.6 Å². The van der Waals surface area contributed by atoms with Gasteiger partial charge in [0.05, 0.1) is 0 Å². The summed E-state index contributed by atoms with van der Waals surface area (Å²) in [5, 5.41) is 16.1. The molecule has 0 aliphatic rings. The normalized spacial score (nSPS) is 11.2. The molecule has 0 saturated heterocycles. The van der Waals surface area contributed by atoms with E-state index in [1.54, 1.807) is 24.4 Å². The zero-order valence-corrected chi connectivity index (χ0v) is 13.6. The van der Waals surface area contributed by atoms with Crippen LogP contribution in [0, 0.1) is 6.92 Å². The molecule has 9 nitrogen and oxygen atoms in total. The molecule has 0 spiro atoms. The average Bonchev–Trinajstić information content (AvgIpc) is 2.92. The molecule has 2 heterocycles. The molecule has 0 atom stereocenters. The first-order chi connectivity index (χ1) is 11.4. The van der Waals surface area contributed by atoms with E-state index in [9.17, 15) is 8.42 Å². The second-order valence-corrected chi connectivity index (χ2v) is 6.79. The summed E-state index contributed by atoms with van der Waals surface area (Å²) < 4.78 is 22.7. The fourth-order valence-electron chi connectivity index (χ4n) is 1.98. The lowest BCUT2D eigenvalue weighted by Crippen LogP contribution is -2.56. The molecule has 0 bridgehead atoms. The number of hydrogen-bond acceptors (Lipinski definition) is 7. The standard InChI is InChI=1S/C14H15N7O2S/c1-9-8-13(21-20-9)18-12-6-7-16-14(19-12)17-10-2-4-11(5-3-10)24(15,22)23/h2-8H,1H3,(H2,15,22,23)(H3,16,17,18,19,20,21)/p+1. The molecule has 0 saturated carbocycles. The van der Waals surface area contributed by atoms with Crippen molar-refractivity contribution in [3.05, 3.63) is 48.3 Å². The van der Waals surface area contributed by atoms with Crippen molar-refractivity contribution in [1.29, 1.82) is 0 Å². The highest BCUT2D eigenvalue weighted by Crippen LogP contribution is 2.18. The molecule has 0 amide bonds. The summed E-state index contributed by atoms with van der Waals surface area (Å²) >= 11 is 0. The fraction of sp³-hybridized carbons (Fsp3) is 0.0714. The van der Waals surface area contributed by atoms with E-state index >= 15 is 0 Å². The molecule has 124 valence electrons. The second kappa shape index (κ2) is 6.26. The topological polar surface area (TPSA) is 140 Å². The second-order valence-electron chi connectivity index (χ2n) is 5.09. The quantitative estimate of drug-likeness (QED) is 0.538. The summed E-state index contributed by atoms with van der Waals surface area (Å²) in [6, 6.07) is 9.76. The first-order valence-corrected chi connectivity index (χ1v) is 8.63. The van der Waals surface area contributed by atoms with Gasteiger partial charge >= 0.3 is 10.0 Å². The molecule has 1 aromatic carbocycles. The summed E-state index contributed by atoms with van der Waals surface area (Å²) in [4.78, 5) is 8.61. The van der Waals surface area contributed by atoms with E-state index < -0.39 is 10.0 Å². The third-order valence-corrected chi connectivity index (χ3v) is 4.08. The van der Waals surface area contributed by atoms with Gasteiger partial charge in [-0.2, -0.15) is 18.5 Å². The molecular weight excluding hydrogens is 330 g/mol. The maximum atomic E-state index is 11.3. The highest BCUT2D eigenvalue weighted by atomic mass is 32.2. The summed E-state index contributed by atoms with van der Waals surface area (Å²) in [7, 11) is -3.46. The van der Waals surface area contributed by atoms with Gasteiger partial charge in [0.25, 0.3) is 0 Å². The Balaban J connectivity index is 1.74. The number of aryl methyl sites for hydroxylation is 1. The largest absolute Gasteiger partial charge is 0.324 e. The molecule has 2 aromatic heterocycles. The van der Waals surface area contributed by atoms with Crippen LogP contribution in [0.25, 0.3) is 0 Å². The number of benzene rings is 1. The molecule has 3 aromatic rings. The number of aromatic nitrogens is 4. The minimum atomic E-state index is -3.46. The van der Waals surface area contributed by atoms with Crippen molar-refractivity contribution in [2.45, 2.75) is 11.8 Å². The van der Waals surface area contributed by atoms with Crippen molar-refractivity contribution >= 4 is 33.3 Å². The van der Waals surface area contributed by atoms with Gasteiger partial charge in [-0.25, -0.2) is 10.1 Å². The van der Waals surface area contributed by atoms with Crippen LogP contribution in [0.5, 0.6) is 0 Å². The molecule has 10 heteroatoms. The SMILES string of the molecule is Cc1cc(Nc2ccnc(Nc3ccc(S([NH3+])(=O)=O)cc3)n2)n[nH]1. The van der Waals surface area contributed by atoms with Gasteiger partial charge in [-0.15, -0.1) is 0 Å². The molecule has 3 rings (SSSR count). The predicted molar refractivity (Wildman–Crippen MR) is 88.4 cm³/mol. The zero-order chi connectivity index (χ0) is 17.2. The van der Waals surface area contributed by atoms with E-state index in [2.05, 4.69) is 35.9 Å². The molecule has 24 heavy (non-hydrogen) atoms. The maximum Gasteiger partial charge on any atom is 0.322 e. The summed E-state index contributed by atoms with van der Waals surface area (Å²) in [5.74, 6) is 1.61. The average molecular weight is 346 g/mol. The van der Waals surface area contributed by atoms with Crippen molar-refractivity contribution in [3.63, 3.8) is 0 Å². The first kappa shape index (κ1) is 15.9. The number of nitrogens with one attached hydrogen (secondary N) is 3. The molecule has 0 aliphatic heterocycles. The van der Waals surface area contributed by atoms with Gasteiger partial charge in [0.1, 0.15) is 10.7 Å². The Morgan fingerprint density at radius 1 is 1.08 bits per heavy atom. The molecule has 6 N–H and O–H groups in total. The third kappa shape index (κ3) is 3.86. The highest BCUT2D eigenvalue weighted by Gasteiger charge is 2.10. The monoisotopic (exact) mass is 346 g/mol. The number of quaternary nitrogens is 1. The van der Waals surface area contributed by atoms with Crippen molar-refractivity contribution < 1.29 is 13.6 Å². The van der Waals surface area contributed by atoms with Gasteiger partial charge in [0.2, 0.25) is 5.95 Å². The van der Waals surface area contributed by atoms with Crippen LogP contribution in [0.4, 0.5) is 23.3 Å². The Labute approximate surface area is 138 Å². The van der Waals surface area contributed by atoms with E-state index in [4.69, 9.17) is 0 Å². The molecule has 0 fully saturated rings. The third-order valence-electron chi connectivity index (χ3n) is 3.09. The Bertz CT molecular complexity index is 951. The van der Waals surface area contributed by atoms with Crippen LogP contribution < -0.4 is 15.8 Å². The number of rotatable bonds is 5. The van der Waals surface area contributed by atoms with Gasteiger partial charge in [-0.3, -0.25) is 5.10 Å². The smallest absolute Gasteiger partial charge is 0.322 e. The van der Waals surface area contributed by atoms with Crippen LogP contribution in [-0.4, -0.2) is 28.6 Å². The van der Waals surface area contributed by atoms with Crippen molar-refractivity contribution in [3.8, 4) is 0 Å². The van der Waals surface area contributed by atoms with E-state index in [1.165, 1.54) is 12.1 Å². The maximum absolute atomic E-state index is 11.3. The molecule has 0 unspecified atom stereocenters. The Hall–Kier alpha value is -2.98. The highest BCUT2D eigenvalue weighted by molar-refractivity contribution is 7.84. The minimum absolute atomic E-state index is 0.151. The van der Waals surface area contributed by atoms with Gasteiger partial charge in [-0.1, -0.05) is 0 Å². The van der Waals surface area contributed by atoms with Crippen LogP contribution in [0.15, 0.2) is 47.5 Å². The summed E-state index contributed by atoms with van der Waals surface area (Å²) in [6.07, 6.45) is 1.60. The first-order valence-electron chi connectivity index (χ1n) is 6.97. The predicted octanol–water partition coefficient (Wildman–Crippen LogP) is 0.926. The number of aromatic amines is 1. The van der Waals surface area contributed by atoms with Crippen molar-refractivity contribution in [2.24, 2.45) is 0 Å². The lowest BCUT2D eigenvalue weighted by atomic mass is 10.3. The van der Waals surface area contributed by atoms with E-state index in [1.807, 2.05) is 13.0 Å². The Morgan fingerprint density at radius 3 is 2.46 bits per heavy atom.